The molecule has 1 amide bonds. The Morgan fingerprint density at radius 3 is 2.96 bits per heavy atom. The van der Waals surface area contributed by atoms with E-state index in [1.165, 1.54) is 0 Å². The fraction of sp³-hybridized carbons (Fsp3) is 0.250. The smallest absolute Gasteiger partial charge is 0.272 e. The molecule has 0 bridgehead atoms. The summed E-state index contributed by atoms with van der Waals surface area (Å²) in [5.41, 5.74) is 4.59. The molecular weight excluding hydrogens is 336 g/mol. The Hall–Kier alpha value is -2.46. The van der Waals surface area contributed by atoms with Crippen LogP contribution in [-0.4, -0.2) is 17.1 Å². The fourth-order valence-electron chi connectivity index (χ4n) is 3.48. The Bertz CT molecular complexity index is 991. The number of nitrogens with zero attached hydrogens (tertiary/aromatic N) is 1. The molecule has 4 nitrogen and oxygen atoms in total. The second-order valence-corrected chi connectivity index (χ2v) is 6.66. The molecule has 1 aliphatic rings. The van der Waals surface area contributed by atoms with E-state index in [9.17, 15) is 4.79 Å². The van der Waals surface area contributed by atoms with E-state index in [-0.39, 0.29) is 5.91 Å². The van der Waals surface area contributed by atoms with Gasteiger partial charge < -0.3 is 14.6 Å². The predicted octanol–water partition coefficient (Wildman–Crippen LogP) is 4.81. The second kappa shape index (κ2) is 6.12. The summed E-state index contributed by atoms with van der Waals surface area (Å²) in [5, 5.41) is 4.58. The Balaban J connectivity index is 1.80. The van der Waals surface area contributed by atoms with Crippen LogP contribution in [0.4, 0.5) is 5.69 Å². The highest BCUT2D eigenvalue weighted by molar-refractivity contribution is 6.36. The largest absolute Gasteiger partial charge is 0.490 e. The molecular formula is C20H19ClN2O2. The van der Waals surface area contributed by atoms with Crippen molar-refractivity contribution >= 4 is 34.1 Å². The van der Waals surface area contributed by atoms with Gasteiger partial charge in [0.1, 0.15) is 18.1 Å². The first-order chi connectivity index (χ1) is 12.1. The first kappa shape index (κ1) is 16.0. The molecule has 0 fully saturated rings. The molecule has 25 heavy (non-hydrogen) atoms. The Morgan fingerprint density at radius 1 is 1.32 bits per heavy atom. The van der Waals surface area contributed by atoms with Crippen LogP contribution < -0.4 is 10.1 Å². The van der Waals surface area contributed by atoms with Crippen LogP contribution in [0.1, 0.15) is 28.5 Å². The lowest BCUT2D eigenvalue weighted by molar-refractivity contribution is 0.101. The number of aromatic nitrogens is 1. The van der Waals surface area contributed by atoms with Gasteiger partial charge in [-0.25, -0.2) is 0 Å². The molecule has 2 heterocycles. The average Bonchev–Trinajstić information content (AvgIpc) is 3.01. The van der Waals surface area contributed by atoms with Gasteiger partial charge in [-0.1, -0.05) is 36.7 Å². The van der Waals surface area contributed by atoms with Crippen LogP contribution in [0.25, 0.3) is 10.9 Å². The van der Waals surface area contributed by atoms with Crippen LogP contribution in [0.5, 0.6) is 5.75 Å². The molecule has 0 unspecified atom stereocenters. The summed E-state index contributed by atoms with van der Waals surface area (Å²) in [4.78, 5) is 13.0. The van der Waals surface area contributed by atoms with Gasteiger partial charge in [-0.3, -0.25) is 4.79 Å². The number of hydrogen-bond donors (Lipinski definition) is 1. The van der Waals surface area contributed by atoms with Crippen LogP contribution in [-0.2, 0) is 13.0 Å². The molecule has 1 aromatic heterocycles. The van der Waals surface area contributed by atoms with Crippen molar-refractivity contribution in [3.63, 3.8) is 0 Å². The normalized spacial score (nSPS) is 12.9. The first-order valence-corrected chi connectivity index (χ1v) is 8.82. The maximum Gasteiger partial charge on any atom is 0.272 e. The molecule has 4 rings (SSSR count). The van der Waals surface area contributed by atoms with E-state index in [2.05, 4.69) is 12.2 Å². The topological polar surface area (TPSA) is 43.3 Å². The summed E-state index contributed by atoms with van der Waals surface area (Å²) in [6.07, 6.45) is 0.865. The number of rotatable bonds is 3. The van der Waals surface area contributed by atoms with E-state index in [0.29, 0.717) is 23.9 Å². The van der Waals surface area contributed by atoms with Gasteiger partial charge in [-0.2, -0.15) is 0 Å². The zero-order valence-corrected chi connectivity index (χ0v) is 15.0. The molecule has 0 radical (unpaired) electrons. The molecule has 1 N–H and O–H groups in total. The van der Waals surface area contributed by atoms with E-state index >= 15 is 0 Å². The highest BCUT2D eigenvalue weighted by atomic mass is 35.5. The number of carbonyl (C=O) groups excluding carboxylic acids is 1. The van der Waals surface area contributed by atoms with E-state index < -0.39 is 0 Å². The summed E-state index contributed by atoms with van der Waals surface area (Å²) in [6, 6.07) is 11.6. The number of carbonyl (C=O) groups is 1. The van der Waals surface area contributed by atoms with E-state index in [1.807, 2.05) is 47.9 Å². The van der Waals surface area contributed by atoms with Crippen molar-refractivity contribution < 1.29 is 9.53 Å². The molecule has 0 saturated carbocycles. The standard InChI is InChI=1S/C20H19ClN2O2/c1-3-13-6-4-5-12(2)18(13)22-20(24)16-11-14-15(21)7-8-17-19(14)23(16)9-10-25-17/h4-8,11H,3,9-10H2,1-2H3,(H,22,24). The lowest BCUT2D eigenvalue weighted by Crippen LogP contribution is -2.22. The van der Waals surface area contributed by atoms with E-state index in [0.717, 1.165) is 39.9 Å². The monoisotopic (exact) mass is 354 g/mol. The number of aryl methyl sites for hydroxylation is 2. The van der Waals surface area contributed by atoms with Crippen molar-refractivity contribution in [1.82, 2.24) is 4.57 Å². The molecule has 128 valence electrons. The summed E-state index contributed by atoms with van der Waals surface area (Å²) < 4.78 is 7.71. The number of anilines is 1. The van der Waals surface area contributed by atoms with Crippen molar-refractivity contribution in [2.24, 2.45) is 0 Å². The molecule has 0 spiro atoms. The number of amides is 1. The van der Waals surface area contributed by atoms with E-state index in [1.54, 1.807) is 0 Å². The number of halogens is 1. The zero-order chi connectivity index (χ0) is 17.6. The third kappa shape index (κ3) is 2.57. The van der Waals surface area contributed by atoms with Crippen LogP contribution in [0, 0.1) is 6.92 Å². The van der Waals surface area contributed by atoms with Gasteiger partial charge in [-0.15, -0.1) is 0 Å². The van der Waals surface area contributed by atoms with E-state index in [4.69, 9.17) is 16.3 Å². The minimum atomic E-state index is -0.121. The van der Waals surface area contributed by atoms with Gasteiger partial charge in [0.2, 0.25) is 0 Å². The van der Waals surface area contributed by atoms with Crippen molar-refractivity contribution in [2.45, 2.75) is 26.8 Å². The summed E-state index contributed by atoms with van der Waals surface area (Å²) in [7, 11) is 0. The van der Waals surface area contributed by atoms with Crippen LogP contribution in [0.2, 0.25) is 5.02 Å². The Kier molecular flexibility index (Phi) is 3.92. The second-order valence-electron chi connectivity index (χ2n) is 6.25. The van der Waals surface area contributed by atoms with Crippen LogP contribution in [0.15, 0.2) is 36.4 Å². The Labute approximate surface area is 151 Å². The summed E-state index contributed by atoms with van der Waals surface area (Å²) in [5.74, 6) is 0.652. The Morgan fingerprint density at radius 2 is 2.16 bits per heavy atom. The highest BCUT2D eigenvalue weighted by Crippen LogP contribution is 2.36. The van der Waals surface area contributed by atoms with Crippen LogP contribution >= 0.6 is 11.6 Å². The molecule has 3 aromatic rings. The number of ether oxygens (including phenoxy) is 1. The number of benzene rings is 2. The maximum atomic E-state index is 13.0. The summed E-state index contributed by atoms with van der Waals surface area (Å²) in [6.45, 7) is 5.27. The van der Waals surface area contributed by atoms with Crippen molar-refractivity contribution in [3.8, 4) is 5.75 Å². The lowest BCUT2D eigenvalue weighted by Gasteiger charge is -2.19. The SMILES string of the molecule is CCc1cccc(C)c1NC(=O)c1cc2c(Cl)ccc3c2n1CCO3. The van der Waals surface area contributed by atoms with Gasteiger partial charge >= 0.3 is 0 Å². The van der Waals surface area contributed by atoms with Gasteiger partial charge in [-0.05, 0) is 42.7 Å². The molecule has 0 atom stereocenters. The minimum Gasteiger partial charge on any atom is -0.490 e. The van der Waals surface area contributed by atoms with Crippen LogP contribution in [0.3, 0.4) is 0 Å². The zero-order valence-electron chi connectivity index (χ0n) is 14.2. The fourth-order valence-corrected chi connectivity index (χ4v) is 3.68. The van der Waals surface area contributed by atoms with Gasteiger partial charge in [0.05, 0.1) is 17.1 Å². The molecule has 0 aliphatic carbocycles. The molecule has 1 aliphatic heterocycles. The molecule has 5 heteroatoms. The minimum absolute atomic E-state index is 0.121. The number of hydrogen-bond acceptors (Lipinski definition) is 2. The number of nitrogens with one attached hydrogen (secondary N) is 1. The van der Waals surface area contributed by atoms with Gasteiger partial charge in [0.15, 0.2) is 0 Å². The maximum absolute atomic E-state index is 13.0. The summed E-state index contributed by atoms with van der Waals surface area (Å²) >= 11 is 6.33. The van der Waals surface area contributed by atoms with Crippen molar-refractivity contribution in [1.29, 1.82) is 0 Å². The van der Waals surface area contributed by atoms with Crippen molar-refractivity contribution in [2.75, 3.05) is 11.9 Å². The lowest BCUT2D eigenvalue weighted by atomic mass is 10.1. The number of para-hydroxylation sites is 1. The highest BCUT2D eigenvalue weighted by Gasteiger charge is 2.23. The van der Waals surface area contributed by atoms with Gasteiger partial charge in [0, 0.05) is 11.1 Å². The first-order valence-electron chi connectivity index (χ1n) is 8.44. The van der Waals surface area contributed by atoms with Gasteiger partial charge in [0.25, 0.3) is 5.91 Å². The third-order valence-corrected chi connectivity index (χ3v) is 5.08. The third-order valence-electron chi connectivity index (χ3n) is 4.75. The van der Waals surface area contributed by atoms with Crippen molar-refractivity contribution in [3.05, 3.63) is 58.2 Å². The molecule has 2 aromatic carbocycles. The quantitative estimate of drug-likeness (QED) is 0.733. The molecule has 0 saturated heterocycles. The average molecular weight is 355 g/mol. The predicted molar refractivity (Wildman–Crippen MR) is 101 cm³/mol.